The van der Waals surface area contributed by atoms with Gasteiger partial charge in [-0.2, -0.15) is 9.40 Å². The number of fused-ring (bicyclic) bond motifs is 1. The monoisotopic (exact) mass is 593 g/mol. The predicted molar refractivity (Wildman–Crippen MR) is 165 cm³/mol. The van der Waals surface area contributed by atoms with Crippen molar-refractivity contribution >= 4 is 42.6 Å². The summed E-state index contributed by atoms with van der Waals surface area (Å²) in [6.07, 6.45) is 1.03. The Morgan fingerprint density at radius 3 is 2.37 bits per heavy atom. The largest absolute Gasteiger partial charge is 0.282 e. The molecule has 10 heteroatoms. The zero-order valence-electron chi connectivity index (χ0n) is 24.7. The Hall–Kier alpha value is -3.08. The van der Waals surface area contributed by atoms with Gasteiger partial charge in [0.1, 0.15) is 0 Å². The average Bonchev–Trinajstić information content (AvgIpc) is 3.49. The van der Waals surface area contributed by atoms with Crippen molar-refractivity contribution in [2.24, 2.45) is 11.8 Å². The van der Waals surface area contributed by atoms with Crippen molar-refractivity contribution in [1.29, 1.82) is 0 Å². The van der Waals surface area contributed by atoms with Gasteiger partial charge in [0.25, 0.3) is 5.91 Å². The van der Waals surface area contributed by atoms with Crippen molar-refractivity contribution in [3.63, 3.8) is 0 Å². The molecule has 1 saturated heterocycles. The molecule has 0 aliphatic carbocycles. The summed E-state index contributed by atoms with van der Waals surface area (Å²) in [5.74, 6) is 0.707. The number of aryl methyl sites for hydroxylation is 2. The van der Waals surface area contributed by atoms with Gasteiger partial charge in [-0.05, 0) is 80.0 Å². The Bertz CT molecular complexity index is 1650. The molecule has 8 nitrogen and oxygen atoms in total. The first-order valence-corrected chi connectivity index (χ1v) is 16.5. The molecule has 1 amide bonds. The number of para-hydroxylation sites is 1. The lowest BCUT2D eigenvalue weighted by molar-refractivity contribution is 0.0985. The summed E-state index contributed by atoms with van der Waals surface area (Å²) in [6.45, 7) is 14.3. The van der Waals surface area contributed by atoms with Gasteiger partial charge in [0.2, 0.25) is 10.0 Å². The molecule has 218 valence electrons. The lowest BCUT2D eigenvalue weighted by Gasteiger charge is -2.34. The van der Waals surface area contributed by atoms with Gasteiger partial charge in [-0.25, -0.2) is 13.4 Å². The van der Waals surface area contributed by atoms with E-state index >= 15 is 0 Å². The molecule has 0 N–H and O–H groups in total. The second-order valence-electron chi connectivity index (χ2n) is 11.7. The lowest BCUT2D eigenvalue weighted by Crippen LogP contribution is -2.42. The Balaban J connectivity index is 1.46. The number of nitrogens with zero attached hydrogens (tertiary/aromatic N) is 5. The third-order valence-electron chi connectivity index (χ3n) is 7.75. The van der Waals surface area contributed by atoms with Crippen molar-refractivity contribution < 1.29 is 13.2 Å². The number of aromatic nitrogens is 3. The molecular formula is C31H39N5O3S2. The highest BCUT2D eigenvalue weighted by atomic mass is 32.2. The second kappa shape index (κ2) is 11.7. The molecule has 41 heavy (non-hydrogen) atoms. The van der Waals surface area contributed by atoms with E-state index in [2.05, 4.69) is 38.9 Å². The standard InChI is InChI=1S/C31H39N5O3S2/c1-20(2)27-8-7-9-28-29(27)32-31(40-28)35(14-15-36-24(6)17-23(5)33-36)30(37)25-10-12-26(13-11-25)41(38,39)34-18-21(3)16-22(4)19-34/h7-13,17,20-22H,14-16,18-19H2,1-6H3. The zero-order valence-corrected chi connectivity index (χ0v) is 26.3. The summed E-state index contributed by atoms with van der Waals surface area (Å²) in [4.78, 5) is 20.9. The maximum absolute atomic E-state index is 14.0. The first-order valence-electron chi connectivity index (χ1n) is 14.3. The minimum absolute atomic E-state index is 0.214. The van der Waals surface area contributed by atoms with E-state index in [0.29, 0.717) is 54.6 Å². The number of piperidine rings is 1. The Kier molecular flexibility index (Phi) is 8.36. The van der Waals surface area contributed by atoms with Gasteiger partial charge in [-0.15, -0.1) is 0 Å². The maximum atomic E-state index is 14.0. The molecule has 2 unspecified atom stereocenters. The van der Waals surface area contributed by atoms with E-state index in [1.54, 1.807) is 33.5 Å². The molecular weight excluding hydrogens is 555 g/mol. The molecule has 2 aromatic heterocycles. The Labute approximate surface area is 247 Å². The van der Waals surface area contributed by atoms with Gasteiger partial charge in [-0.1, -0.05) is 51.2 Å². The normalized spacial score (nSPS) is 18.3. The summed E-state index contributed by atoms with van der Waals surface area (Å²) < 4.78 is 31.3. The number of benzene rings is 2. The van der Waals surface area contributed by atoms with Crippen LogP contribution < -0.4 is 4.90 Å². The number of amides is 1. The molecule has 5 rings (SSSR count). The first-order chi connectivity index (χ1) is 19.4. The maximum Gasteiger partial charge on any atom is 0.260 e. The van der Waals surface area contributed by atoms with Crippen LogP contribution in [0, 0.1) is 25.7 Å². The molecule has 0 spiro atoms. The summed E-state index contributed by atoms with van der Waals surface area (Å²) >= 11 is 1.49. The van der Waals surface area contributed by atoms with Gasteiger partial charge in [-0.3, -0.25) is 14.4 Å². The number of carbonyl (C=O) groups is 1. The van der Waals surface area contributed by atoms with Crippen LogP contribution in [0.4, 0.5) is 5.13 Å². The molecule has 1 aliphatic heterocycles. The van der Waals surface area contributed by atoms with E-state index in [9.17, 15) is 13.2 Å². The Morgan fingerprint density at radius 1 is 1.07 bits per heavy atom. The highest BCUT2D eigenvalue weighted by Gasteiger charge is 2.32. The van der Waals surface area contributed by atoms with Crippen LogP contribution in [0.3, 0.4) is 0 Å². The summed E-state index contributed by atoms with van der Waals surface area (Å²) in [6, 6.07) is 14.5. The van der Waals surface area contributed by atoms with Crippen LogP contribution in [0.1, 0.15) is 67.3 Å². The van der Waals surface area contributed by atoms with Crippen LogP contribution >= 0.6 is 11.3 Å². The van der Waals surface area contributed by atoms with Crippen LogP contribution in [0.2, 0.25) is 0 Å². The number of rotatable bonds is 8. The van der Waals surface area contributed by atoms with E-state index in [1.807, 2.05) is 36.7 Å². The molecule has 2 atom stereocenters. The Morgan fingerprint density at radius 2 is 1.76 bits per heavy atom. The topological polar surface area (TPSA) is 88.4 Å². The number of hydrogen-bond acceptors (Lipinski definition) is 6. The van der Waals surface area contributed by atoms with E-state index in [1.165, 1.54) is 11.3 Å². The number of sulfonamides is 1. The van der Waals surface area contributed by atoms with Crippen LogP contribution in [-0.4, -0.2) is 53.0 Å². The molecule has 4 aromatic rings. The molecule has 0 saturated carbocycles. The van der Waals surface area contributed by atoms with Crippen LogP contribution in [0.15, 0.2) is 53.4 Å². The van der Waals surface area contributed by atoms with E-state index in [-0.39, 0.29) is 10.8 Å². The third kappa shape index (κ3) is 6.10. The van der Waals surface area contributed by atoms with Gasteiger partial charge in [0, 0.05) is 30.9 Å². The zero-order chi connectivity index (χ0) is 29.5. The van der Waals surface area contributed by atoms with Crippen molar-refractivity contribution in [1.82, 2.24) is 19.1 Å². The van der Waals surface area contributed by atoms with E-state index in [4.69, 9.17) is 4.98 Å². The van der Waals surface area contributed by atoms with Gasteiger partial charge < -0.3 is 0 Å². The van der Waals surface area contributed by atoms with E-state index in [0.717, 1.165) is 33.6 Å². The fourth-order valence-corrected chi connectivity index (χ4v) is 8.50. The van der Waals surface area contributed by atoms with Gasteiger partial charge in [0.05, 0.1) is 27.4 Å². The highest BCUT2D eigenvalue weighted by Crippen LogP contribution is 2.34. The van der Waals surface area contributed by atoms with Crippen molar-refractivity contribution in [2.45, 2.75) is 65.3 Å². The van der Waals surface area contributed by atoms with Crippen molar-refractivity contribution in [2.75, 3.05) is 24.5 Å². The molecule has 0 radical (unpaired) electrons. The summed E-state index contributed by atoms with van der Waals surface area (Å²) in [7, 11) is -3.64. The molecule has 1 aliphatic rings. The molecule has 3 heterocycles. The SMILES string of the molecule is Cc1cc(C)n(CCN(C(=O)c2ccc(S(=O)(=O)N3CC(C)CC(C)C3)cc2)c2nc3c(C(C)C)cccc3s2)n1. The average molecular weight is 594 g/mol. The predicted octanol–water partition coefficient (Wildman–Crippen LogP) is 6.25. The van der Waals surface area contributed by atoms with Gasteiger partial charge >= 0.3 is 0 Å². The third-order valence-corrected chi connectivity index (χ3v) is 10.6. The van der Waals surface area contributed by atoms with E-state index < -0.39 is 10.0 Å². The van der Waals surface area contributed by atoms with Crippen LogP contribution in [0.5, 0.6) is 0 Å². The molecule has 2 aromatic carbocycles. The molecule has 0 bridgehead atoms. The minimum Gasteiger partial charge on any atom is -0.282 e. The van der Waals surface area contributed by atoms with Crippen molar-refractivity contribution in [3.05, 3.63) is 71.0 Å². The van der Waals surface area contributed by atoms with Crippen LogP contribution in [0.25, 0.3) is 10.2 Å². The van der Waals surface area contributed by atoms with Gasteiger partial charge in [0.15, 0.2) is 5.13 Å². The summed E-state index contributed by atoms with van der Waals surface area (Å²) in [5.41, 5.74) is 4.43. The quantitative estimate of drug-likeness (QED) is 0.241. The fourth-order valence-electron chi connectivity index (χ4n) is 5.80. The smallest absolute Gasteiger partial charge is 0.260 e. The van der Waals surface area contributed by atoms with Crippen molar-refractivity contribution in [3.8, 4) is 0 Å². The number of anilines is 1. The number of hydrogen-bond donors (Lipinski definition) is 0. The second-order valence-corrected chi connectivity index (χ2v) is 14.7. The number of thiazole rings is 1. The summed E-state index contributed by atoms with van der Waals surface area (Å²) in [5, 5.41) is 5.19. The molecule has 1 fully saturated rings. The first kappa shape index (κ1) is 29.4. The fraction of sp³-hybridized carbons (Fsp3) is 0.452. The highest BCUT2D eigenvalue weighted by molar-refractivity contribution is 7.89. The van der Waals surface area contributed by atoms with Crippen LogP contribution in [-0.2, 0) is 16.6 Å². The number of carbonyl (C=O) groups excluding carboxylic acids is 1. The minimum atomic E-state index is -3.64. The lowest BCUT2D eigenvalue weighted by atomic mass is 9.94.